The summed E-state index contributed by atoms with van der Waals surface area (Å²) in [5.74, 6) is 0. The SMILES string of the molecule is Cc1cccc(C(N)c2cnccn2)c1. The molecule has 0 amide bonds. The van der Waals surface area contributed by atoms with Crippen molar-refractivity contribution >= 4 is 0 Å². The first-order chi connectivity index (χ1) is 7.27. The summed E-state index contributed by atoms with van der Waals surface area (Å²) in [6.07, 6.45) is 5.00. The summed E-state index contributed by atoms with van der Waals surface area (Å²) in [5.41, 5.74) is 9.14. The lowest BCUT2D eigenvalue weighted by molar-refractivity contribution is 0.816. The molecule has 3 nitrogen and oxygen atoms in total. The maximum Gasteiger partial charge on any atom is 0.0799 e. The third-order valence-electron chi connectivity index (χ3n) is 2.30. The van der Waals surface area contributed by atoms with Crippen LogP contribution in [0, 0.1) is 6.92 Å². The molecule has 0 aliphatic heterocycles. The minimum absolute atomic E-state index is 0.196. The number of nitrogens with two attached hydrogens (primary N) is 1. The minimum Gasteiger partial charge on any atom is -0.319 e. The Morgan fingerprint density at radius 1 is 1.27 bits per heavy atom. The fraction of sp³-hybridized carbons (Fsp3) is 0.167. The van der Waals surface area contributed by atoms with Crippen LogP contribution in [-0.2, 0) is 0 Å². The Labute approximate surface area is 89.0 Å². The number of hydrogen-bond donors (Lipinski definition) is 1. The summed E-state index contributed by atoms with van der Waals surface area (Å²) in [6.45, 7) is 2.05. The van der Waals surface area contributed by atoms with Gasteiger partial charge in [0.25, 0.3) is 0 Å². The molecule has 76 valence electrons. The average Bonchev–Trinajstić information content (AvgIpc) is 2.29. The first kappa shape index (κ1) is 9.80. The molecule has 1 aromatic heterocycles. The highest BCUT2D eigenvalue weighted by molar-refractivity contribution is 5.29. The van der Waals surface area contributed by atoms with E-state index in [1.165, 1.54) is 5.56 Å². The minimum atomic E-state index is -0.196. The van der Waals surface area contributed by atoms with E-state index in [9.17, 15) is 0 Å². The predicted molar refractivity (Wildman–Crippen MR) is 59.2 cm³/mol. The lowest BCUT2D eigenvalue weighted by Crippen LogP contribution is -2.13. The molecule has 1 aromatic carbocycles. The zero-order valence-corrected chi connectivity index (χ0v) is 8.59. The summed E-state index contributed by atoms with van der Waals surface area (Å²) >= 11 is 0. The molecule has 0 bridgehead atoms. The fourth-order valence-corrected chi connectivity index (χ4v) is 1.51. The molecule has 0 radical (unpaired) electrons. The number of nitrogens with zero attached hydrogens (tertiary/aromatic N) is 2. The van der Waals surface area contributed by atoms with Gasteiger partial charge in [0.1, 0.15) is 0 Å². The molecular weight excluding hydrogens is 186 g/mol. The Balaban J connectivity index is 2.32. The van der Waals surface area contributed by atoms with E-state index in [1.807, 2.05) is 25.1 Å². The van der Waals surface area contributed by atoms with E-state index < -0.39 is 0 Å². The van der Waals surface area contributed by atoms with Gasteiger partial charge in [0.2, 0.25) is 0 Å². The summed E-state index contributed by atoms with van der Waals surface area (Å²) in [7, 11) is 0. The van der Waals surface area contributed by atoms with Crippen LogP contribution in [0.3, 0.4) is 0 Å². The van der Waals surface area contributed by atoms with Gasteiger partial charge < -0.3 is 5.73 Å². The highest BCUT2D eigenvalue weighted by atomic mass is 14.8. The summed E-state index contributed by atoms with van der Waals surface area (Å²) in [5, 5.41) is 0. The molecule has 0 saturated carbocycles. The van der Waals surface area contributed by atoms with Crippen LogP contribution in [-0.4, -0.2) is 9.97 Å². The molecule has 2 rings (SSSR count). The van der Waals surface area contributed by atoms with Crippen molar-refractivity contribution in [2.24, 2.45) is 5.73 Å². The number of aromatic nitrogens is 2. The lowest BCUT2D eigenvalue weighted by Gasteiger charge is -2.11. The molecule has 0 saturated heterocycles. The van der Waals surface area contributed by atoms with Crippen molar-refractivity contribution in [3.8, 4) is 0 Å². The number of aryl methyl sites for hydroxylation is 1. The van der Waals surface area contributed by atoms with Gasteiger partial charge in [0.15, 0.2) is 0 Å². The molecule has 0 spiro atoms. The van der Waals surface area contributed by atoms with E-state index in [0.717, 1.165) is 11.3 Å². The van der Waals surface area contributed by atoms with Crippen LogP contribution in [0.1, 0.15) is 22.9 Å². The Bertz CT molecular complexity index is 440. The molecule has 0 aliphatic carbocycles. The molecule has 1 heterocycles. The smallest absolute Gasteiger partial charge is 0.0799 e. The molecule has 0 fully saturated rings. The standard InChI is InChI=1S/C12H13N3/c1-9-3-2-4-10(7-9)12(13)11-8-14-5-6-15-11/h2-8,12H,13H2,1H3. The summed E-state index contributed by atoms with van der Waals surface area (Å²) < 4.78 is 0. The third kappa shape index (κ3) is 2.19. The van der Waals surface area contributed by atoms with Crippen molar-refractivity contribution in [3.63, 3.8) is 0 Å². The molecular formula is C12H13N3. The van der Waals surface area contributed by atoms with E-state index in [4.69, 9.17) is 5.73 Å². The quantitative estimate of drug-likeness (QED) is 0.802. The Kier molecular flexibility index (Phi) is 2.74. The molecule has 1 unspecified atom stereocenters. The second kappa shape index (κ2) is 4.19. The van der Waals surface area contributed by atoms with E-state index >= 15 is 0 Å². The van der Waals surface area contributed by atoms with Crippen LogP contribution in [0.2, 0.25) is 0 Å². The van der Waals surface area contributed by atoms with E-state index in [-0.39, 0.29) is 6.04 Å². The molecule has 15 heavy (non-hydrogen) atoms. The van der Waals surface area contributed by atoms with Gasteiger partial charge in [0, 0.05) is 12.4 Å². The Morgan fingerprint density at radius 2 is 2.13 bits per heavy atom. The van der Waals surface area contributed by atoms with Gasteiger partial charge in [-0.05, 0) is 12.5 Å². The fourth-order valence-electron chi connectivity index (χ4n) is 1.51. The van der Waals surface area contributed by atoms with Crippen LogP contribution in [0.25, 0.3) is 0 Å². The second-order valence-corrected chi connectivity index (χ2v) is 3.52. The lowest BCUT2D eigenvalue weighted by atomic mass is 10.0. The van der Waals surface area contributed by atoms with Gasteiger partial charge in [-0.15, -0.1) is 0 Å². The van der Waals surface area contributed by atoms with Gasteiger partial charge in [0.05, 0.1) is 17.9 Å². The second-order valence-electron chi connectivity index (χ2n) is 3.52. The highest BCUT2D eigenvalue weighted by Gasteiger charge is 2.09. The summed E-state index contributed by atoms with van der Waals surface area (Å²) in [4.78, 5) is 8.21. The number of benzene rings is 1. The van der Waals surface area contributed by atoms with Gasteiger partial charge in [-0.2, -0.15) is 0 Å². The maximum atomic E-state index is 6.08. The van der Waals surface area contributed by atoms with Crippen molar-refractivity contribution in [1.29, 1.82) is 0 Å². The van der Waals surface area contributed by atoms with Crippen molar-refractivity contribution < 1.29 is 0 Å². The molecule has 1 atom stereocenters. The first-order valence-electron chi connectivity index (χ1n) is 4.85. The van der Waals surface area contributed by atoms with E-state index in [1.54, 1.807) is 18.6 Å². The van der Waals surface area contributed by atoms with Crippen molar-refractivity contribution in [3.05, 3.63) is 59.7 Å². The first-order valence-corrected chi connectivity index (χ1v) is 4.85. The molecule has 2 N–H and O–H groups in total. The predicted octanol–water partition coefficient (Wildman–Crippen LogP) is 1.83. The highest BCUT2D eigenvalue weighted by Crippen LogP contribution is 2.17. The average molecular weight is 199 g/mol. The number of hydrogen-bond acceptors (Lipinski definition) is 3. The van der Waals surface area contributed by atoms with E-state index in [2.05, 4.69) is 16.0 Å². The van der Waals surface area contributed by atoms with Crippen molar-refractivity contribution in [2.45, 2.75) is 13.0 Å². The van der Waals surface area contributed by atoms with Crippen LogP contribution < -0.4 is 5.73 Å². The van der Waals surface area contributed by atoms with Crippen molar-refractivity contribution in [1.82, 2.24) is 9.97 Å². The molecule has 0 aliphatic rings. The van der Waals surface area contributed by atoms with Gasteiger partial charge in [-0.25, -0.2) is 0 Å². The Hall–Kier alpha value is -1.74. The zero-order valence-electron chi connectivity index (χ0n) is 8.59. The zero-order chi connectivity index (χ0) is 10.7. The largest absolute Gasteiger partial charge is 0.319 e. The van der Waals surface area contributed by atoms with Gasteiger partial charge in [-0.1, -0.05) is 29.8 Å². The van der Waals surface area contributed by atoms with Crippen LogP contribution in [0.15, 0.2) is 42.9 Å². The normalized spacial score (nSPS) is 12.4. The molecule has 3 heteroatoms. The maximum absolute atomic E-state index is 6.08. The Morgan fingerprint density at radius 3 is 2.80 bits per heavy atom. The molecule has 2 aromatic rings. The summed E-state index contributed by atoms with van der Waals surface area (Å²) in [6, 6.07) is 7.93. The van der Waals surface area contributed by atoms with E-state index in [0.29, 0.717) is 0 Å². The topological polar surface area (TPSA) is 51.8 Å². The number of rotatable bonds is 2. The van der Waals surface area contributed by atoms with Crippen LogP contribution in [0.5, 0.6) is 0 Å². The van der Waals surface area contributed by atoms with Crippen LogP contribution >= 0.6 is 0 Å². The van der Waals surface area contributed by atoms with Crippen LogP contribution in [0.4, 0.5) is 0 Å². The monoisotopic (exact) mass is 199 g/mol. The van der Waals surface area contributed by atoms with Crippen molar-refractivity contribution in [2.75, 3.05) is 0 Å². The van der Waals surface area contributed by atoms with Gasteiger partial charge >= 0.3 is 0 Å². The third-order valence-corrected chi connectivity index (χ3v) is 2.30. The van der Waals surface area contributed by atoms with Gasteiger partial charge in [-0.3, -0.25) is 9.97 Å².